The Kier molecular flexibility index (Phi) is 5.33. The van der Waals surface area contributed by atoms with Gasteiger partial charge in [-0.05, 0) is 25.2 Å². The lowest BCUT2D eigenvalue weighted by Crippen LogP contribution is -2.09. The van der Waals surface area contributed by atoms with Gasteiger partial charge in [0, 0.05) is 0 Å². The molecule has 0 bridgehead atoms. The van der Waals surface area contributed by atoms with Crippen LogP contribution in [0, 0.1) is 18.6 Å². The van der Waals surface area contributed by atoms with Crippen molar-refractivity contribution in [3.05, 3.63) is 39.1 Å². The lowest BCUT2D eigenvalue weighted by molar-refractivity contribution is 0.385. The van der Waals surface area contributed by atoms with Crippen molar-refractivity contribution in [2.75, 3.05) is 14.2 Å². The summed E-state index contributed by atoms with van der Waals surface area (Å²) in [6, 6.07) is 0.917. The van der Waals surface area contributed by atoms with Gasteiger partial charge in [-0.3, -0.25) is 0 Å². The first-order chi connectivity index (χ1) is 10.8. The molecule has 1 aromatic heterocycles. The van der Waals surface area contributed by atoms with E-state index in [0.29, 0.717) is 5.69 Å². The van der Waals surface area contributed by atoms with Crippen LogP contribution in [0.3, 0.4) is 0 Å². The van der Waals surface area contributed by atoms with Gasteiger partial charge >= 0.3 is 0 Å². The van der Waals surface area contributed by atoms with Gasteiger partial charge in [0.15, 0.2) is 17.4 Å². The minimum atomic E-state index is -1.02. The molecule has 1 aromatic carbocycles. The average molecular weight is 379 g/mol. The molecule has 0 N–H and O–H groups in total. The van der Waals surface area contributed by atoms with Crippen LogP contribution in [0.15, 0.2) is 6.07 Å². The summed E-state index contributed by atoms with van der Waals surface area (Å²) in [5, 5.41) is -0.0876. The Morgan fingerprint density at radius 3 is 2.43 bits per heavy atom. The summed E-state index contributed by atoms with van der Waals surface area (Å²) in [5.74, 6) is -2.51. The van der Waals surface area contributed by atoms with E-state index in [9.17, 15) is 8.78 Å². The third-order valence-electron chi connectivity index (χ3n) is 2.95. The van der Waals surface area contributed by atoms with Crippen molar-refractivity contribution in [1.82, 2.24) is 9.97 Å². The zero-order valence-corrected chi connectivity index (χ0v) is 14.5. The van der Waals surface area contributed by atoms with E-state index in [1.165, 1.54) is 14.2 Å². The van der Waals surface area contributed by atoms with E-state index in [-0.39, 0.29) is 32.4 Å². The maximum Gasteiger partial charge on any atom is 0.211 e. The summed E-state index contributed by atoms with van der Waals surface area (Å²) in [5.41, 5.74) is -0.135. The molecule has 0 unspecified atom stereocenters. The molecule has 0 atom stereocenters. The number of methoxy groups -OCH3 is 2. The SMILES string of the molecule is COC(=S)c1nc(-c2c(F)cc(Cl)c(OC)c2F)nc(C)c1Cl. The molecule has 122 valence electrons. The number of aryl methyl sites for hydroxylation is 1. The number of rotatable bonds is 3. The topological polar surface area (TPSA) is 44.2 Å². The standard InChI is InChI=1S/C14H10Cl2F2N2O2S/c1-5-9(16)11(14(23)22-3)20-13(19-5)8-7(17)4-6(15)12(21-2)10(8)18/h4H,1-3H3. The summed E-state index contributed by atoms with van der Waals surface area (Å²) < 4.78 is 38.5. The minimum Gasteiger partial charge on any atom is -0.492 e. The number of aromatic nitrogens is 2. The van der Waals surface area contributed by atoms with Gasteiger partial charge in [0.25, 0.3) is 0 Å². The van der Waals surface area contributed by atoms with Gasteiger partial charge in [-0.1, -0.05) is 23.2 Å². The number of thiocarbonyl (C=S) groups is 1. The second-order valence-electron chi connectivity index (χ2n) is 4.35. The maximum atomic E-state index is 14.5. The van der Waals surface area contributed by atoms with Gasteiger partial charge in [0.05, 0.1) is 35.5 Å². The van der Waals surface area contributed by atoms with Crippen LogP contribution in [0.4, 0.5) is 8.78 Å². The highest BCUT2D eigenvalue weighted by molar-refractivity contribution is 7.80. The zero-order chi connectivity index (χ0) is 17.3. The summed E-state index contributed by atoms with van der Waals surface area (Å²) in [7, 11) is 2.55. The van der Waals surface area contributed by atoms with Crippen molar-refractivity contribution in [1.29, 1.82) is 0 Å². The van der Waals surface area contributed by atoms with Crippen LogP contribution in [0.1, 0.15) is 11.4 Å². The zero-order valence-electron chi connectivity index (χ0n) is 12.2. The fraction of sp³-hybridized carbons (Fsp3) is 0.214. The molecule has 2 rings (SSSR count). The normalized spacial score (nSPS) is 10.6. The molecular weight excluding hydrogens is 369 g/mol. The molecule has 0 saturated heterocycles. The molecule has 0 amide bonds. The van der Waals surface area contributed by atoms with Crippen LogP contribution in [0.2, 0.25) is 10.0 Å². The molecule has 0 aliphatic carbocycles. The van der Waals surface area contributed by atoms with Crippen LogP contribution < -0.4 is 4.74 Å². The Bertz CT molecular complexity index is 803. The fourth-order valence-corrected chi connectivity index (χ4v) is 2.50. The molecule has 0 saturated carbocycles. The van der Waals surface area contributed by atoms with E-state index in [0.717, 1.165) is 6.07 Å². The smallest absolute Gasteiger partial charge is 0.211 e. The van der Waals surface area contributed by atoms with Crippen LogP contribution >= 0.6 is 35.4 Å². The van der Waals surface area contributed by atoms with Gasteiger partial charge in [-0.2, -0.15) is 0 Å². The van der Waals surface area contributed by atoms with E-state index in [4.69, 9.17) is 44.9 Å². The number of ether oxygens (including phenoxy) is 2. The summed E-state index contributed by atoms with van der Waals surface area (Å²) in [6.45, 7) is 1.55. The van der Waals surface area contributed by atoms with Gasteiger partial charge in [0.1, 0.15) is 11.5 Å². The molecule has 4 nitrogen and oxygen atoms in total. The van der Waals surface area contributed by atoms with Crippen molar-refractivity contribution < 1.29 is 18.3 Å². The van der Waals surface area contributed by atoms with Crippen LogP contribution in [-0.2, 0) is 4.74 Å². The third kappa shape index (κ3) is 3.22. The van der Waals surface area contributed by atoms with E-state index in [1.807, 2.05) is 0 Å². The van der Waals surface area contributed by atoms with Gasteiger partial charge in [0.2, 0.25) is 5.05 Å². The van der Waals surface area contributed by atoms with Gasteiger partial charge in [-0.25, -0.2) is 18.7 Å². The van der Waals surface area contributed by atoms with E-state index in [1.54, 1.807) is 6.92 Å². The predicted molar refractivity (Wildman–Crippen MR) is 87.4 cm³/mol. The largest absolute Gasteiger partial charge is 0.492 e. The number of hydrogen-bond acceptors (Lipinski definition) is 5. The lowest BCUT2D eigenvalue weighted by Gasteiger charge is -2.12. The predicted octanol–water partition coefficient (Wildman–Crippen LogP) is 4.37. The highest BCUT2D eigenvalue weighted by Gasteiger charge is 2.24. The van der Waals surface area contributed by atoms with E-state index < -0.39 is 17.2 Å². The fourth-order valence-electron chi connectivity index (χ4n) is 1.87. The Labute approximate surface area is 146 Å². The third-order valence-corrected chi connectivity index (χ3v) is 4.04. The van der Waals surface area contributed by atoms with Gasteiger partial charge < -0.3 is 9.47 Å². The highest BCUT2D eigenvalue weighted by atomic mass is 35.5. The van der Waals surface area contributed by atoms with E-state index >= 15 is 0 Å². The Morgan fingerprint density at radius 2 is 1.87 bits per heavy atom. The second-order valence-corrected chi connectivity index (χ2v) is 5.51. The first-order valence-corrected chi connectivity index (χ1v) is 7.32. The average Bonchev–Trinajstić information content (AvgIpc) is 2.49. The number of benzene rings is 1. The molecule has 2 aromatic rings. The molecule has 23 heavy (non-hydrogen) atoms. The molecule has 0 aliphatic rings. The summed E-state index contributed by atoms with van der Waals surface area (Å²) in [6.07, 6.45) is 0. The molecule has 0 spiro atoms. The molecule has 0 fully saturated rings. The molecule has 0 aliphatic heterocycles. The first-order valence-electron chi connectivity index (χ1n) is 6.16. The molecule has 0 radical (unpaired) electrons. The number of halogens is 4. The molecule has 1 heterocycles. The summed E-state index contributed by atoms with van der Waals surface area (Å²) >= 11 is 16.8. The number of nitrogens with zero attached hydrogens (tertiary/aromatic N) is 2. The van der Waals surface area contributed by atoms with Crippen LogP contribution in [-0.4, -0.2) is 29.2 Å². The van der Waals surface area contributed by atoms with Crippen LogP contribution in [0.5, 0.6) is 5.75 Å². The van der Waals surface area contributed by atoms with Crippen LogP contribution in [0.25, 0.3) is 11.4 Å². The van der Waals surface area contributed by atoms with Crippen molar-refractivity contribution in [3.63, 3.8) is 0 Å². The van der Waals surface area contributed by atoms with Crippen molar-refractivity contribution in [2.24, 2.45) is 0 Å². The Hall–Kier alpha value is -1.57. The minimum absolute atomic E-state index is 0.0245. The lowest BCUT2D eigenvalue weighted by atomic mass is 10.1. The Morgan fingerprint density at radius 1 is 1.22 bits per heavy atom. The quantitative estimate of drug-likeness (QED) is 0.742. The summed E-state index contributed by atoms with van der Waals surface area (Å²) in [4.78, 5) is 8.02. The molecule has 9 heteroatoms. The van der Waals surface area contributed by atoms with Crippen molar-refractivity contribution in [3.8, 4) is 17.1 Å². The van der Waals surface area contributed by atoms with E-state index in [2.05, 4.69) is 9.97 Å². The Balaban J connectivity index is 2.78. The monoisotopic (exact) mass is 378 g/mol. The highest BCUT2D eigenvalue weighted by Crippen LogP contribution is 2.36. The molecular formula is C14H10Cl2F2N2O2S. The second kappa shape index (κ2) is 6.90. The van der Waals surface area contributed by atoms with Gasteiger partial charge in [-0.15, -0.1) is 0 Å². The van der Waals surface area contributed by atoms with Crippen molar-refractivity contribution >= 4 is 40.5 Å². The first kappa shape index (κ1) is 17.8. The maximum absolute atomic E-state index is 14.5. The number of hydrogen-bond donors (Lipinski definition) is 0. The van der Waals surface area contributed by atoms with Crippen molar-refractivity contribution in [2.45, 2.75) is 6.92 Å².